The van der Waals surface area contributed by atoms with Crippen LogP contribution in [0.2, 0.25) is 0 Å². The van der Waals surface area contributed by atoms with Gasteiger partial charge in [0.15, 0.2) is 0 Å². The molecule has 6 atom stereocenters. The Balaban J connectivity index is 0.000000239. The highest BCUT2D eigenvalue weighted by Gasteiger charge is 2.54. The summed E-state index contributed by atoms with van der Waals surface area (Å²) in [5, 5.41) is 19.3. The summed E-state index contributed by atoms with van der Waals surface area (Å²) in [5.74, 6) is 3.23. The molecule has 2 fully saturated rings. The molecule has 0 bridgehead atoms. The second-order valence-corrected chi connectivity index (χ2v) is 14.8. The SMILES string of the molecule is C[C@]12CC[C@@H]3c4ccc(OC(=O)N(CCCl)CCCl)cc4CC[C@H]3[C@@H]1CC[C@@H]2O.N[C@@H](Cc1ccc(N(CCCl)CCCl)cc1)C(=O)O. The van der Waals surface area contributed by atoms with Gasteiger partial charge in [0.05, 0.1) is 6.10 Å². The van der Waals surface area contributed by atoms with E-state index in [1.54, 1.807) is 4.90 Å². The minimum absolute atomic E-state index is 0.0996. The van der Waals surface area contributed by atoms with Crippen molar-refractivity contribution in [2.75, 3.05) is 54.6 Å². The number of aryl methyl sites for hydroxylation is 1. The number of amides is 1. The van der Waals surface area contributed by atoms with Crippen LogP contribution in [0.1, 0.15) is 61.6 Å². The van der Waals surface area contributed by atoms with Crippen LogP contribution in [0.5, 0.6) is 5.75 Å². The number of carboxylic acids is 1. The molecule has 2 saturated carbocycles. The second-order valence-electron chi connectivity index (χ2n) is 13.3. The lowest BCUT2D eigenvalue weighted by molar-refractivity contribution is -0.138. The molecule has 0 heterocycles. The molecule has 0 spiro atoms. The molecule has 8 nitrogen and oxygen atoms in total. The number of halogens is 4. The molecule has 5 rings (SSSR count). The molecule has 3 aliphatic rings. The van der Waals surface area contributed by atoms with Crippen LogP contribution in [0.4, 0.5) is 10.5 Å². The highest BCUT2D eigenvalue weighted by atomic mass is 35.5. The van der Waals surface area contributed by atoms with E-state index in [2.05, 4.69) is 17.9 Å². The number of carboxylic acid groups (broad SMARTS) is 1. The number of nitrogens with zero attached hydrogens (tertiary/aromatic N) is 2. The van der Waals surface area contributed by atoms with Crippen LogP contribution in [0.3, 0.4) is 0 Å². The number of hydrogen-bond acceptors (Lipinski definition) is 6. The smallest absolute Gasteiger partial charge is 0.415 e. The Morgan fingerprint density at radius 2 is 1.58 bits per heavy atom. The summed E-state index contributed by atoms with van der Waals surface area (Å²) < 4.78 is 5.62. The van der Waals surface area contributed by atoms with Crippen LogP contribution < -0.4 is 15.4 Å². The summed E-state index contributed by atoms with van der Waals surface area (Å²) in [6.07, 6.45) is 6.30. The van der Waals surface area contributed by atoms with Gasteiger partial charge in [-0.15, -0.1) is 46.4 Å². The lowest BCUT2D eigenvalue weighted by Gasteiger charge is -2.50. The van der Waals surface area contributed by atoms with Gasteiger partial charge in [0.25, 0.3) is 0 Å². The molecule has 1 amide bonds. The van der Waals surface area contributed by atoms with Crippen molar-refractivity contribution in [2.45, 2.75) is 69.9 Å². The van der Waals surface area contributed by atoms with Crippen molar-refractivity contribution in [3.8, 4) is 5.75 Å². The summed E-state index contributed by atoms with van der Waals surface area (Å²) in [6.45, 7) is 4.60. The third kappa shape index (κ3) is 9.43. The first kappa shape index (κ1) is 38.9. The number of ether oxygens (including phenoxy) is 1. The van der Waals surface area contributed by atoms with Gasteiger partial charge in [-0.1, -0.05) is 25.1 Å². The molecular formula is C36H49Cl4N3O5. The third-order valence-electron chi connectivity index (χ3n) is 10.6. The van der Waals surface area contributed by atoms with Crippen LogP contribution >= 0.6 is 46.4 Å². The van der Waals surface area contributed by atoms with Crippen molar-refractivity contribution in [2.24, 2.45) is 23.0 Å². The summed E-state index contributed by atoms with van der Waals surface area (Å²) in [5.41, 5.74) is 10.2. The molecular weight excluding hydrogens is 696 g/mol. The Morgan fingerprint density at radius 1 is 0.938 bits per heavy atom. The van der Waals surface area contributed by atoms with Crippen molar-refractivity contribution < 1.29 is 24.5 Å². The maximum atomic E-state index is 12.4. The average Bonchev–Trinajstić information content (AvgIpc) is 3.38. The van der Waals surface area contributed by atoms with Gasteiger partial charge < -0.3 is 30.5 Å². The molecule has 12 heteroatoms. The molecule has 0 radical (unpaired) electrons. The number of aliphatic carboxylic acids is 1. The number of fused-ring (bicyclic) bond motifs is 5. The van der Waals surface area contributed by atoms with Crippen LogP contribution in [0.25, 0.3) is 0 Å². The first-order chi connectivity index (χ1) is 23.1. The first-order valence-corrected chi connectivity index (χ1v) is 19.0. The van der Waals surface area contributed by atoms with Gasteiger partial charge in [0.1, 0.15) is 11.8 Å². The predicted octanol–water partition coefficient (Wildman–Crippen LogP) is 7.11. The zero-order chi connectivity index (χ0) is 34.8. The van der Waals surface area contributed by atoms with Crippen molar-refractivity contribution >= 4 is 64.2 Å². The van der Waals surface area contributed by atoms with Crippen molar-refractivity contribution in [1.82, 2.24) is 4.90 Å². The quantitative estimate of drug-likeness (QED) is 0.187. The largest absolute Gasteiger partial charge is 0.480 e. The molecule has 3 aliphatic carbocycles. The maximum absolute atomic E-state index is 12.4. The molecule has 266 valence electrons. The van der Waals surface area contributed by atoms with Crippen molar-refractivity contribution in [1.29, 1.82) is 0 Å². The number of carbonyl (C=O) groups is 2. The van der Waals surface area contributed by atoms with Gasteiger partial charge in [-0.3, -0.25) is 4.79 Å². The number of aliphatic hydroxyl groups is 1. The fraction of sp³-hybridized carbons (Fsp3) is 0.611. The Morgan fingerprint density at radius 3 is 2.19 bits per heavy atom. The number of carbonyl (C=O) groups excluding carboxylic acids is 1. The highest BCUT2D eigenvalue weighted by molar-refractivity contribution is 6.19. The zero-order valence-corrected chi connectivity index (χ0v) is 30.7. The predicted molar refractivity (Wildman–Crippen MR) is 196 cm³/mol. The van der Waals surface area contributed by atoms with E-state index in [9.17, 15) is 14.7 Å². The van der Waals surface area contributed by atoms with Crippen molar-refractivity contribution in [3.05, 3.63) is 59.2 Å². The average molecular weight is 746 g/mol. The number of anilines is 1. The zero-order valence-electron chi connectivity index (χ0n) is 27.6. The molecule has 0 aliphatic heterocycles. The van der Waals surface area contributed by atoms with E-state index >= 15 is 0 Å². The van der Waals surface area contributed by atoms with E-state index in [0.717, 1.165) is 62.9 Å². The lowest BCUT2D eigenvalue weighted by Crippen LogP contribution is -2.43. The van der Waals surface area contributed by atoms with Gasteiger partial charge in [0, 0.05) is 55.4 Å². The van der Waals surface area contributed by atoms with Crippen LogP contribution in [0, 0.1) is 17.3 Å². The summed E-state index contributed by atoms with van der Waals surface area (Å²) in [4.78, 5) is 26.8. The van der Waals surface area contributed by atoms with Gasteiger partial charge in [-0.05, 0) is 109 Å². The topological polar surface area (TPSA) is 116 Å². The van der Waals surface area contributed by atoms with E-state index in [4.69, 9.17) is 62.0 Å². The Labute approximate surface area is 304 Å². The monoisotopic (exact) mass is 743 g/mol. The van der Waals surface area contributed by atoms with E-state index < -0.39 is 18.1 Å². The maximum Gasteiger partial charge on any atom is 0.415 e. The molecule has 2 aromatic rings. The van der Waals surface area contributed by atoms with E-state index in [0.29, 0.717) is 66.5 Å². The van der Waals surface area contributed by atoms with E-state index in [-0.39, 0.29) is 11.5 Å². The molecule has 0 unspecified atom stereocenters. The van der Waals surface area contributed by atoms with Crippen LogP contribution in [-0.4, -0.2) is 89.0 Å². The van der Waals surface area contributed by atoms with Gasteiger partial charge in [-0.25, -0.2) is 4.79 Å². The lowest BCUT2D eigenvalue weighted by atomic mass is 9.55. The summed E-state index contributed by atoms with van der Waals surface area (Å²) in [7, 11) is 0. The van der Waals surface area contributed by atoms with E-state index in [1.807, 2.05) is 36.4 Å². The molecule has 48 heavy (non-hydrogen) atoms. The van der Waals surface area contributed by atoms with Crippen LogP contribution in [-0.2, 0) is 17.6 Å². The fourth-order valence-corrected chi connectivity index (χ4v) is 8.83. The first-order valence-electron chi connectivity index (χ1n) is 16.9. The Bertz CT molecular complexity index is 1340. The van der Waals surface area contributed by atoms with Gasteiger partial charge in [-0.2, -0.15) is 0 Å². The normalized spacial score (nSPS) is 24.6. The highest BCUT2D eigenvalue weighted by Crippen LogP contribution is 2.60. The number of benzene rings is 2. The number of alkyl halides is 4. The molecule has 2 aromatic carbocycles. The van der Waals surface area contributed by atoms with Crippen molar-refractivity contribution in [3.63, 3.8) is 0 Å². The summed E-state index contributed by atoms with van der Waals surface area (Å²) in [6, 6.07) is 12.9. The number of aliphatic hydroxyl groups excluding tert-OH is 1. The Hall–Kier alpha value is -1.94. The number of nitrogens with two attached hydrogens (primary N) is 1. The fourth-order valence-electron chi connectivity index (χ4n) is 8.02. The molecule has 0 saturated heterocycles. The summed E-state index contributed by atoms with van der Waals surface area (Å²) >= 11 is 23.1. The number of rotatable bonds is 13. The minimum Gasteiger partial charge on any atom is -0.480 e. The number of hydrogen-bond donors (Lipinski definition) is 3. The standard InChI is InChI=1S/C23H31Cl2NO3.C13H18Cl2N2O2/c1-23-9-8-18-17-5-3-16(29-22(28)26(12-10-24)13-11-25)14-15(17)2-4-19(18)20(23)6-7-21(23)27;14-5-7-17(8-6-15)11-3-1-10(2-4-11)9-12(16)13(18)19/h3,5,14,18-21,27H,2,4,6-13H2,1H3;1-4,12H,5-9,16H2,(H,18,19)/t18-,19-,20+,21+,23+;12-/m10/s1. The van der Waals surface area contributed by atoms with E-state index in [1.165, 1.54) is 11.1 Å². The third-order valence-corrected chi connectivity index (χ3v) is 11.3. The van der Waals surface area contributed by atoms with Gasteiger partial charge in [0.2, 0.25) is 0 Å². The molecule has 0 aromatic heterocycles. The molecule has 4 N–H and O–H groups in total. The van der Waals surface area contributed by atoms with Gasteiger partial charge >= 0.3 is 12.1 Å². The Kier molecular flexibility index (Phi) is 14.8. The van der Waals surface area contributed by atoms with Crippen LogP contribution in [0.15, 0.2) is 42.5 Å². The second kappa shape index (κ2) is 18.3. The minimum atomic E-state index is -0.991.